The number of aryl methyl sites for hydroxylation is 3. The van der Waals surface area contributed by atoms with Gasteiger partial charge in [-0.3, -0.25) is 0 Å². The predicted molar refractivity (Wildman–Crippen MR) is 130 cm³/mol. The molecule has 154 valence electrons. The third-order valence-electron chi connectivity index (χ3n) is 6.38. The molecule has 4 aromatic rings. The number of aromatic amines is 2. The molecule has 2 nitrogen and oxygen atoms in total. The summed E-state index contributed by atoms with van der Waals surface area (Å²) in [7, 11) is 0. The van der Waals surface area contributed by atoms with Gasteiger partial charge in [0, 0.05) is 45.3 Å². The molecule has 4 aromatic heterocycles. The number of hydrogen-bond donors (Lipinski definition) is 2. The van der Waals surface area contributed by atoms with Crippen molar-refractivity contribution in [3.63, 3.8) is 0 Å². The molecule has 0 aromatic carbocycles. The molecule has 30 heavy (non-hydrogen) atoms. The van der Waals surface area contributed by atoms with Crippen LogP contribution in [0.3, 0.4) is 0 Å². The maximum atomic E-state index is 3.15. The van der Waals surface area contributed by atoms with Gasteiger partial charge in [-0.2, -0.15) is 0 Å². The summed E-state index contributed by atoms with van der Waals surface area (Å²) in [6.45, 7) is 4.48. The highest BCUT2D eigenvalue weighted by Crippen LogP contribution is 2.40. The normalized spacial score (nSPS) is 17.5. The number of allylic oxidation sites excluding steroid dienone is 1. The van der Waals surface area contributed by atoms with Gasteiger partial charge in [0.15, 0.2) is 0 Å². The van der Waals surface area contributed by atoms with Gasteiger partial charge in [0.05, 0.1) is 0 Å². The molecule has 2 aliphatic rings. The van der Waals surface area contributed by atoms with Crippen LogP contribution in [0, 0.1) is 13.8 Å². The van der Waals surface area contributed by atoms with Crippen molar-refractivity contribution < 1.29 is 0 Å². The van der Waals surface area contributed by atoms with E-state index < -0.39 is 0 Å². The number of thiophene rings is 2. The highest BCUT2D eigenvalue weighted by Gasteiger charge is 2.23. The van der Waals surface area contributed by atoms with E-state index in [2.05, 4.69) is 65.9 Å². The van der Waals surface area contributed by atoms with Crippen LogP contribution in [-0.2, 0) is 12.8 Å². The third kappa shape index (κ3) is 3.63. The highest BCUT2D eigenvalue weighted by atomic mass is 32.1. The first-order valence-electron chi connectivity index (χ1n) is 10.8. The molecule has 0 fully saturated rings. The summed E-state index contributed by atoms with van der Waals surface area (Å²) < 4.78 is 0. The average Bonchev–Trinajstić information content (AvgIpc) is 3.56. The molecule has 2 N–H and O–H groups in total. The summed E-state index contributed by atoms with van der Waals surface area (Å²) in [5.41, 5.74) is 8.82. The highest BCUT2D eigenvalue weighted by molar-refractivity contribution is 7.12. The average molecular weight is 433 g/mol. The van der Waals surface area contributed by atoms with Gasteiger partial charge in [-0.25, -0.2) is 0 Å². The molecule has 0 amide bonds. The van der Waals surface area contributed by atoms with Crippen molar-refractivity contribution in [2.24, 2.45) is 0 Å². The van der Waals surface area contributed by atoms with Crippen molar-refractivity contribution in [2.45, 2.75) is 51.9 Å². The van der Waals surface area contributed by atoms with Crippen molar-refractivity contribution >= 4 is 28.2 Å². The molecule has 0 saturated carbocycles. The number of hydrogen-bond acceptors (Lipinski definition) is 2. The van der Waals surface area contributed by atoms with Crippen LogP contribution in [0.15, 0.2) is 54.4 Å². The van der Waals surface area contributed by atoms with Crippen LogP contribution in [0.5, 0.6) is 0 Å². The molecule has 1 atom stereocenters. The molecule has 6 rings (SSSR count). The molecule has 0 aliphatic heterocycles. The van der Waals surface area contributed by atoms with Crippen LogP contribution in [0.2, 0.25) is 0 Å². The van der Waals surface area contributed by atoms with Crippen molar-refractivity contribution in [3.05, 3.63) is 96.9 Å². The minimum atomic E-state index is 0.649. The van der Waals surface area contributed by atoms with Gasteiger partial charge in [0.25, 0.3) is 0 Å². The standard InChI is InChI=1S/C14H15NS.C12H13NS/c1-9-12-4-3-5-13(11-6-7-15-8-11)14(12)10(2)16-9;1-2-10(9-4-6-13-8-9)11-5-7-14-12(11)3-1/h5-8,15H,3-4H2,1-2H3;4-8,10,13H,1-3H2. The van der Waals surface area contributed by atoms with Crippen molar-refractivity contribution in [1.29, 1.82) is 0 Å². The van der Waals surface area contributed by atoms with Gasteiger partial charge in [-0.1, -0.05) is 6.08 Å². The van der Waals surface area contributed by atoms with E-state index in [1.165, 1.54) is 64.1 Å². The lowest BCUT2D eigenvalue weighted by molar-refractivity contribution is 0.625. The number of H-pyrrole nitrogens is 2. The van der Waals surface area contributed by atoms with Crippen LogP contribution in [0.1, 0.15) is 67.6 Å². The fourth-order valence-electron chi connectivity index (χ4n) is 4.99. The maximum absolute atomic E-state index is 3.15. The summed E-state index contributed by atoms with van der Waals surface area (Å²) in [4.78, 5) is 10.9. The second-order valence-corrected chi connectivity index (χ2v) is 10.6. The molecule has 2 aliphatic carbocycles. The van der Waals surface area contributed by atoms with Crippen molar-refractivity contribution in [1.82, 2.24) is 9.97 Å². The molecular formula is C26H28N2S2. The smallest absolute Gasteiger partial charge is 0.0115 e. The fourth-order valence-corrected chi connectivity index (χ4v) is 7.10. The summed E-state index contributed by atoms with van der Waals surface area (Å²) >= 11 is 3.85. The molecule has 1 unspecified atom stereocenters. The maximum Gasteiger partial charge on any atom is 0.0115 e. The van der Waals surface area contributed by atoms with Crippen molar-refractivity contribution in [3.8, 4) is 0 Å². The summed E-state index contributed by atoms with van der Waals surface area (Å²) in [5.74, 6) is 0.649. The van der Waals surface area contributed by atoms with E-state index >= 15 is 0 Å². The van der Waals surface area contributed by atoms with Gasteiger partial charge >= 0.3 is 0 Å². The van der Waals surface area contributed by atoms with E-state index in [4.69, 9.17) is 0 Å². The fraction of sp³-hybridized carbons (Fsp3) is 0.308. The number of aromatic nitrogens is 2. The van der Waals surface area contributed by atoms with E-state index in [0.717, 1.165) is 0 Å². The van der Waals surface area contributed by atoms with Crippen molar-refractivity contribution in [2.75, 3.05) is 0 Å². The first-order valence-corrected chi connectivity index (χ1v) is 12.5. The lowest BCUT2D eigenvalue weighted by Gasteiger charge is -2.21. The van der Waals surface area contributed by atoms with Crippen LogP contribution < -0.4 is 0 Å². The first-order chi connectivity index (χ1) is 14.7. The Bertz CT molecular complexity index is 1140. The SMILES string of the molecule is Cc1sc(C)c2c1CCC=C2c1cc[nH]c1.c1cc(C2CCCc3sccc32)c[nH]1. The Morgan fingerprint density at radius 2 is 1.83 bits per heavy atom. The van der Waals surface area contributed by atoms with E-state index in [9.17, 15) is 0 Å². The molecule has 0 saturated heterocycles. The predicted octanol–water partition coefficient (Wildman–Crippen LogP) is 7.62. The lowest BCUT2D eigenvalue weighted by Crippen LogP contribution is -2.07. The first kappa shape index (κ1) is 19.7. The number of rotatable bonds is 2. The van der Waals surface area contributed by atoms with Gasteiger partial charge in [-0.05, 0) is 103 Å². The Morgan fingerprint density at radius 1 is 0.967 bits per heavy atom. The number of nitrogens with one attached hydrogen (secondary N) is 2. The summed E-state index contributed by atoms with van der Waals surface area (Å²) in [5, 5.41) is 2.23. The minimum Gasteiger partial charge on any atom is -0.367 e. The third-order valence-corrected chi connectivity index (χ3v) is 8.44. The zero-order valence-electron chi connectivity index (χ0n) is 17.6. The minimum absolute atomic E-state index is 0.649. The summed E-state index contributed by atoms with van der Waals surface area (Å²) in [6.07, 6.45) is 16.9. The second-order valence-electron chi connectivity index (χ2n) is 8.21. The van der Waals surface area contributed by atoms with Gasteiger partial charge in [-0.15, -0.1) is 22.7 Å². The monoisotopic (exact) mass is 432 g/mol. The Kier molecular flexibility index (Phi) is 5.53. The molecule has 0 bridgehead atoms. The Hall–Kier alpha value is -2.30. The van der Waals surface area contributed by atoms with Crippen LogP contribution >= 0.6 is 22.7 Å². The largest absolute Gasteiger partial charge is 0.367 e. The molecule has 4 heterocycles. The van der Waals surface area contributed by atoms with E-state index in [1.54, 1.807) is 16.0 Å². The van der Waals surface area contributed by atoms with Crippen LogP contribution in [-0.4, -0.2) is 9.97 Å². The van der Waals surface area contributed by atoms with Gasteiger partial charge in [0.2, 0.25) is 0 Å². The quantitative estimate of drug-likeness (QED) is 0.326. The van der Waals surface area contributed by atoms with E-state index in [1.807, 2.05) is 35.1 Å². The molecule has 0 radical (unpaired) electrons. The molecular weight excluding hydrogens is 404 g/mol. The lowest BCUT2D eigenvalue weighted by atomic mass is 9.84. The second kappa shape index (κ2) is 8.44. The van der Waals surface area contributed by atoms with Gasteiger partial charge in [0.1, 0.15) is 0 Å². The van der Waals surface area contributed by atoms with E-state index in [-0.39, 0.29) is 0 Å². The van der Waals surface area contributed by atoms with E-state index in [0.29, 0.717) is 5.92 Å². The number of fused-ring (bicyclic) bond motifs is 2. The molecule has 0 spiro atoms. The Morgan fingerprint density at radius 3 is 2.63 bits per heavy atom. The zero-order valence-corrected chi connectivity index (χ0v) is 19.3. The topological polar surface area (TPSA) is 31.6 Å². The Labute approximate surface area is 186 Å². The van der Waals surface area contributed by atoms with Crippen LogP contribution in [0.25, 0.3) is 5.57 Å². The summed E-state index contributed by atoms with van der Waals surface area (Å²) in [6, 6.07) is 6.67. The van der Waals surface area contributed by atoms with Crippen LogP contribution in [0.4, 0.5) is 0 Å². The molecule has 4 heteroatoms. The van der Waals surface area contributed by atoms with Gasteiger partial charge < -0.3 is 9.97 Å². The Balaban J connectivity index is 0.000000130. The zero-order chi connectivity index (χ0) is 20.5.